The molecular weight excluding hydrogens is 338 g/mol. The van der Waals surface area contributed by atoms with E-state index in [-0.39, 0.29) is 12.0 Å². The fourth-order valence-corrected chi connectivity index (χ4v) is 2.46. The monoisotopic (exact) mass is 355 g/mol. The van der Waals surface area contributed by atoms with Crippen LogP contribution in [0.4, 0.5) is 0 Å². The van der Waals surface area contributed by atoms with Gasteiger partial charge in [0.25, 0.3) is 5.91 Å². The van der Waals surface area contributed by atoms with Crippen molar-refractivity contribution in [3.05, 3.63) is 66.4 Å². The van der Waals surface area contributed by atoms with Gasteiger partial charge >= 0.3 is 5.97 Å². The Labute approximate surface area is 149 Å². The number of amides is 1. The number of hydrogen-bond acceptors (Lipinski definition) is 5. The molecule has 0 aliphatic rings. The maximum absolute atomic E-state index is 12.4. The molecule has 0 aliphatic carbocycles. The Balaban J connectivity index is 1.75. The number of methoxy groups -OCH3 is 1. The van der Waals surface area contributed by atoms with E-state index in [0.29, 0.717) is 17.2 Å². The quantitative estimate of drug-likeness (QED) is 0.670. The molecule has 26 heavy (non-hydrogen) atoms. The third-order valence-corrected chi connectivity index (χ3v) is 3.77. The molecule has 0 spiro atoms. The largest absolute Gasteiger partial charge is 0.494 e. The third kappa shape index (κ3) is 3.75. The fourth-order valence-electron chi connectivity index (χ4n) is 2.46. The van der Waals surface area contributed by atoms with Crippen molar-refractivity contribution in [2.45, 2.75) is 12.5 Å². The van der Waals surface area contributed by atoms with Crippen LogP contribution in [0.15, 0.2) is 59.5 Å². The van der Waals surface area contributed by atoms with Gasteiger partial charge in [0.1, 0.15) is 23.2 Å². The Morgan fingerprint density at radius 1 is 1.31 bits per heavy atom. The van der Waals surface area contributed by atoms with Crippen LogP contribution in [0.1, 0.15) is 16.1 Å². The Kier molecular flexibility index (Phi) is 5.02. The molecule has 0 fully saturated rings. The minimum atomic E-state index is -1.15. The number of aromatic nitrogens is 2. The maximum Gasteiger partial charge on any atom is 0.326 e. The lowest BCUT2D eigenvalue weighted by Crippen LogP contribution is -2.42. The van der Waals surface area contributed by atoms with E-state index >= 15 is 0 Å². The summed E-state index contributed by atoms with van der Waals surface area (Å²) in [6.45, 7) is 0. The summed E-state index contributed by atoms with van der Waals surface area (Å²) in [5, 5.41) is 16.0. The molecule has 3 aromatic rings. The molecule has 0 saturated heterocycles. The Morgan fingerprint density at radius 3 is 2.81 bits per heavy atom. The summed E-state index contributed by atoms with van der Waals surface area (Å²) in [5.41, 5.74) is 0.904. The Morgan fingerprint density at radius 2 is 2.12 bits per heavy atom. The molecule has 8 nitrogen and oxygen atoms in total. The normalized spacial score (nSPS) is 11.7. The predicted molar refractivity (Wildman–Crippen MR) is 91.4 cm³/mol. The van der Waals surface area contributed by atoms with E-state index in [1.54, 1.807) is 31.4 Å². The van der Waals surface area contributed by atoms with E-state index in [0.717, 1.165) is 0 Å². The van der Waals surface area contributed by atoms with Crippen molar-refractivity contribution in [2.75, 3.05) is 7.11 Å². The highest BCUT2D eigenvalue weighted by Crippen LogP contribution is 2.21. The van der Waals surface area contributed by atoms with Gasteiger partial charge in [0.2, 0.25) is 0 Å². The highest BCUT2D eigenvalue weighted by Gasteiger charge is 2.23. The van der Waals surface area contributed by atoms with Crippen LogP contribution in [0.5, 0.6) is 5.75 Å². The van der Waals surface area contributed by atoms with Gasteiger partial charge in [-0.2, -0.15) is 5.10 Å². The lowest BCUT2D eigenvalue weighted by atomic mass is 10.1. The summed E-state index contributed by atoms with van der Waals surface area (Å²) in [7, 11) is 1.54. The lowest BCUT2D eigenvalue weighted by Gasteiger charge is -2.12. The number of ether oxygens (including phenoxy) is 1. The number of furan rings is 1. The molecule has 0 bridgehead atoms. The second-order valence-corrected chi connectivity index (χ2v) is 5.49. The zero-order chi connectivity index (χ0) is 18.5. The van der Waals surface area contributed by atoms with E-state index < -0.39 is 17.9 Å². The average molecular weight is 355 g/mol. The number of aliphatic carboxylic acids is 1. The molecule has 2 N–H and O–H groups in total. The first-order valence-corrected chi connectivity index (χ1v) is 7.82. The van der Waals surface area contributed by atoms with Gasteiger partial charge in [-0.3, -0.25) is 4.79 Å². The molecule has 2 aromatic heterocycles. The Hall–Kier alpha value is -3.55. The summed E-state index contributed by atoms with van der Waals surface area (Å²) in [6, 6.07) is 9.43. The molecule has 134 valence electrons. The minimum absolute atomic E-state index is 0.0503. The van der Waals surface area contributed by atoms with Crippen LogP contribution < -0.4 is 10.1 Å². The molecule has 0 aliphatic heterocycles. The van der Waals surface area contributed by atoms with Crippen LogP contribution in [-0.2, 0) is 11.2 Å². The highest BCUT2D eigenvalue weighted by molar-refractivity contribution is 5.96. The standard InChI is InChI=1S/C18H17N3O5/c1-25-16-7-3-2-6-15(16)21-11-12(10-19-21)17(22)20-14(18(23)24)9-13-5-4-8-26-13/h2-8,10-11,14H,9H2,1H3,(H,20,22)(H,23,24)/t14-/m0/s1. The van der Waals surface area contributed by atoms with Crippen LogP contribution >= 0.6 is 0 Å². The fraction of sp³-hybridized carbons (Fsp3) is 0.167. The number of hydrogen-bond donors (Lipinski definition) is 2. The predicted octanol–water partition coefficient (Wildman–Crippen LogP) is 1.90. The first-order chi connectivity index (χ1) is 12.6. The van der Waals surface area contributed by atoms with Crippen LogP contribution in [-0.4, -0.2) is 39.9 Å². The molecular formula is C18H17N3O5. The van der Waals surface area contributed by atoms with E-state index in [4.69, 9.17) is 9.15 Å². The number of carboxylic acids is 1. The number of para-hydroxylation sites is 2. The molecule has 0 radical (unpaired) electrons. The number of carbonyl (C=O) groups is 2. The van der Waals surface area contributed by atoms with E-state index in [9.17, 15) is 14.7 Å². The number of rotatable bonds is 7. The van der Waals surface area contributed by atoms with Gasteiger partial charge in [-0.15, -0.1) is 0 Å². The Bertz CT molecular complexity index is 901. The van der Waals surface area contributed by atoms with Crippen molar-refractivity contribution in [3.63, 3.8) is 0 Å². The molecule has 0 saturated carbocycles. The topological polar surface area (TPSA) is 107 Å². The number of carbonyl (C=O) groups excluding carboxylic acids is 1. The zero-order valence-electron chi connectivity index (χ0n) is 14.0. The molecule has 1 atom stereocenters. The van der Waals surface area contributed by atoms with Crippen molar-refractivity contribution < 1.29 is 23.8 Å². The second-order valence-electron chi connectivity index (χ2n) is 5.49. The zero-order valence-corrected chi connectivity index (χ0v) is 14.0. The minimum Gasteiger partial charge on any atom is -0.494 e. The van der Waals surface area contributed by atoms with Gasteiger partial charge in [0.15, 0.2) is 0 Å². The third-order valence-electron chi connectivity index (χ3n) is 3.77. The van der Waals surface area contributed by atoms with Crippen molar-refractivity contribution in [1.29, 1.82) is 0 Å². The summed E-state index contributed by atoms with van der Waals surface area (Å²) >= 11 is 0. The van der Waals surface area contributed by atoms with Gasteiger partial charge in [0.05, 0.1) is 25.1 Å². The summed E-state index contributed by atoms with van der Waals surface area (Å²) in [5.74, 6) is -0.608. The van der Waals surface area contributed by atoms with Crippen molar-refractivity contribution in [2.24, 2.45) is 0 Å². The molecule has 1 amide bonds. The van der Waals surface area contributed by atoms with Gasteiger partial charge in [-0.1, -0.05) is 12.1 Å². The SMILES string of the molecule is COc1ccccc1-n1cc(C(=O)N[C@@H](Cc2ccco2)C(=O)O)cn1. The lowest BCUT2D eigenvalue weighted by molar-refractivity contribution is -0.139. The maximum atomic E-state index is 12.4. The summed E-state index contributed by atoms with van der Waals surface area (Å²) in [4.78, 5) is 23.8. The molecule has 0 unspecified atom stereocenters. The van der Waals surface area contributed by atoms with E-state index in [1.165, 1.54) is 23.3 Å². The van der Waals surface area contributed by atoms with Crippen LogP contribution in [0.2, 0.25) is 0 Å². The second kappa shape index (κ2) is 7.56. The van der Waals surface area contributed by atoms with Gasteiger partial charge < -0.3 is 19.6 Å². The first kappa shape index (κ1) is 17.3. The van der Waals surface area contributed by atoms with Crippen molar-refractivity contribution in [1.82, 2.24) is 15.1 Å². The van der Waals surface area contributed by atoms with Crippen molar-refractivity contribution >= 4 is 11.9 Å². The summed E-state index contributed by atoms with van der Waals surface area (Å²) < 4.78 is 11.9. The summed E-state index contributed by atoms with van der Waals surface area (Å²) in [6.07, 6.45) is 4.38. The van der Waals surface area contributed by atoms with Crippen LogP contribution in [0.25, 0.3) is 5.69 Å². The molecule has 1 aromatic carbocycles. The number of nitrogens with one attached hydrogen (secondary N) is 1. The van der Waals surface area contributed by atoms with E-state index in [1.807, 2.05) is 12.1 Å². The van der Waals surface area contributed by atoms with Gasteiger partial charge in [-0.25, -0.2) is 9.48 Å². The smallest absolute Gasteiger partial charge is 0.326 e. The van der Waals surface area contributed by atoms with E-state index in [2.05, 4.69) is 10.4 Å². The average Bonchev–Trinajstić information content (AvgIpc) is 3.32. The van der Waals surface area contributed by atoms with Crippen LogP contribution in [0, 0.1) is 0 Å². The van der Waals surface area contributed by atoms with Crippen LogP contribution in [0.3, 0.4) is 0 Å². The van der Waals surface area contributed by atoms with Gasteiger partial charge in [0, 0.05) is 12.6 Å². The van der Waals surface area contributed by atoms with Gasteiger partial charge in [-0.05, 0) is 24.3 Å². The van der Waals surface area contributed by atoms with Crippen molar-refractivity contribution in [3.8, 4) is 11.4 Å². The highest BCUT2D eigenvalue weighted by atomic mass is 16.5. The molecule has 8 heteroatoms. The molecule has 2 heterocycles. The number of nitrogens with zero attached hydrogens (tertiary/aromatic N) is 2. The first-order valence-electron chi connectivity index (χ1n) is 7.82. The number of benzene rings is 1. The number of carboxylic acid groups (broad SMARTS) is 1. The molecule has 3 rings (SSSR count).